The quantitative estimate of drug-likeness (QED) is 0.466. The summed E-state index contributed by atoms with van der Waals surface area (Å²) in [7, 11) is 2.96. The predicted octanol–water partition coefficient (Wildman–Crippen LogP) is 5.37. The molecule has 160 valence electrons. The Morgan fingerprint density at radius 1 is 0.742 bits per heavy atom. The molecule has 0 heterocycles. The molecule has 8 heteroatoms. The molecule has 0 aliphatic carbocycles. The number of anilines is 2. The van der Waals surface area contributed by atoms with Gasteiger partial charge in [-0.15, -0.1) is 0 Å². The largest absolute Gasteiger partial charge is 0.495 e. The van der Waals surface area contributed by atoms with Gasteiger partial charge in [0.15, 0.2) is 0 Å². The molecular formula is C23H20Cl2N2O4. The summed E-state index contributed by atoms with van der Waals surface area (Å²) in [4.78, 5) is 26.4. The van der Waals surface area contributed by atoms with Crippen LogP contribution >= 0.6 is 23.2 Å². The molecule has 0 radical (unpaired) electrons. The fourth-order valence-electron chi connectivity index (χ4n) is 3.03. The maximum absolute atomic E-state index is 13.2. The van der Waals surface area contributed by atoms with Crippen molar-refractivity contribution >= 4 is 46.4 Å². The Kier molecular flexibility index (Phi) is 7.39. The fourth-order valence-corrected chi connectivity index (χ4v) is 3.38. The number of carbonyl (C=O) groups excluding carboxylic acids is 2. The predicted molar refractivity (Wildman–Crippen MR) is 122 cm³/mol. The van der Waals surface area contributed by atoms with E-state index in [-0.39, 0.29) is 0 Å². The van der Waals surface area contributed by atoms with E-state index in [1.807, 2.05) is 0 Å². The number of nitrogens with one attached hydrogen (secondary N) is 2. The van der Waals surface area contributed by atoms with Gasteiger partial charge < -0.3 is 20.1 Å². The Labute approximate surface area is 190 Å². The van der Waals surface area contributed by atoms with Crippen molar-refractivity contribution in [3.8, 4) is 11.5 Å². The lowest BCUT2D eigenvalue weighted by atomic mass is 9.96. The van der Waals surface area contributed by atoms with Crippen LogP contribution in [0.1, 0.15) is 11.5 Å². The summed E-state index contributed by atoms with van der Waals surface area (Å²) in [5, 5.41) is 6.32. The lowest BCUT2D eigenvalue weighted by molar-refractivity contribution is -0.126. The van der Waals surface area contributed by atoms with E-state index in [1.54, 1.807) is 66.7 Å². The first-order valence-corrected chi connectivity index (χ1v) is 10.0. The number of methoxy groups -OCH3 is 2. The smallest absolute Gasteiger partial charge is 0.241 e. The number of halogens is 2. The third-order valence-corrected chi connectivity index (χ3v) is 4.97. The van der Waals surface area contributed by atoms with Crippen molar-refractivity contribution in [2.45, 2.75) is 5.92 Å². The minimum atomic E-state index is -1.16. The molecule has 0 saturated heterocycles. The van der Waals surface area contributed by atoms with Gasteiger partial charge in [-0.2, -0.15) is 0 Å². The molecule has 0 bridgehead atoms. The van der Waals surface area contributed by atoms with E-state index in [1.165, 1.54) is 14.2 Å². The highest BCUT2D eigenvalue weighted by atomic mass is 35.5. The van der Waals surface area contributed by atoms with Crippen molar-refractivity contribution in [2.75, 3.05) is 24.9 Å². The number of benzene rings is 3. The van der Waals surface area contributed by atoms with Gasteiger partial charge in [-0.25, -0.2) is 0 Å². The summed E-state index contributed by atoms with van der Waals surface area (Å²) in [6.45, 7) is 0. The van der Waals surface area contributed by atoms with Crippen molar-refractivity contribution in [3.05, 3.63) is 82.3 Å². The molecule has 0 aromatic heterocycles. The monoisotopic (exact) mass is 458 g/mol. The van der Waals surface area contributed by atoms with Crippen LogP contribution in [-0.4, -0.2) is 26.0 Å². The first-order valence-electron chi connectivity index (χ1n) is 9.26. The highest BCUT2D eigenvalue weighted by Gasteiger charge is 2.30. The van der Waals surface area contributed by atoms with Crippen LogP contribution in [0.5, 0.6) is 11.5 Å². The van der Waals surface area contributed by atoms with Crippen molar-refractivity contribution < 1.29 is 19.1 Å². The molecular weight excluding hydrogens is 439 g/mol. The van der Waals surface area contributed by atoms with Crippen LogP contribution in [0.4, 0.5) is 11.4 Å². The minimum absolute atomic E-state index is 0.356. The van der Waals surface area contributed by atoms with E-state index in [0.717, 1.165) is 0 Å². The number of hydrogen-bond acceptors (Lipinski definition) is 4. The first kappa shape index (κ1) is 22.5. The van der Waals surface area contributed by atoms with E-state index in [4.69, 9.17) is 32.7 Å². The SMILES string of the molecule is COc1ccc(Cl)cc1NC(=O)C(C(=O)Nc1cc(Cl)ccc1OC)c1ccccc1. The zero-order valence-electron chi connectivity index (χ0n) is 16.8. The zero-order chi connectivity index (χ0) is 22.4. The summed E-state index contributed by atoms with van der Waals surface area (Å²) in [5.41, 5.74) is 1.22. The molecule has 31 heavy (non-hydrogen) atoms. The van der Waals surface area contributed by atoms with Gasteiger partial charge in [0, 0.05) is 10.0 Å². The Morgan fingerprint density at radius 3 is 1.61 bits per heavy atom. The Balaban J connectivity index is 1.94. The molecule has 6 nitrogen and oxygen atoms in total. The van der Waals surface area contributed by atoms with E-state index in [9.17, 15) is 9.59 Å². The fraction of sp³-hybridized carbons (Fsp3) is 0.130. The molecule has 0 aliphatic rings. The van der Waals surface area contributed by atoms with Crippen LogP contribution in [0, 0.1) is 0 Å². The number of ether oxygens (including phenoxy) is 2. The van der Waals surface area contributed by atoms with Crippen LogP contribution in [0.3, 0.4) is 0 Å². The summed E-state index contributed by atoms with van der Waals surface area (Å²) < 4.78 is 10.6. The molecule has 3 aromatic rings. The van der Waals surface area contributed by atoms with E-state index >= 15 is 0 Å². The molecule has 2 amide bonds. The second-order valence-electron chi connectivity index (χ2n) is 6.51. The average molecular weight is 459 g/mol. The molecule has 0 fully saturated rings. The standard InChI is InChI=1S/C23H20Cl2N2O4/c1-30-19-10-8-15(24)12-17(19)26-22(28)21(14-6-4-3-5-7-14)23(29)27-18-13-16(25)9-11-20(18)31-2/h3-13,21H,1-2H3,(H,26,28)(H,27,29). The summed E-state index contributed by atoms with van der Waals surface area (Å²) in [5.74, 6) is -1.42. The van der Waals surface area contributed by atoms with Crippen LogP contribution in [0.2, 0.25) is 10.0 Å². The van der Waals surface area contributed by atoms with Crippen molar-refractivity contribution in [1.82, 2.24) is 0 Å². The van der Waals surface area contributed by atoms with Gasteiger partial charge in [0.2, 0.25) is 11.8 Å². The lowest BCUT2D eigenvalue weighted by Gasteiger charge is -2.19. The van der Waals surface area contributed by atoms with Gasteiger partial charge in [0.25, 0.3) is 0 Å². The summed E-state index contributed by atoms with van der Waals surface area (Å²) in [6, 6.07) is 18.4. The lowest BCUT2D eigenvalue weighted by Crippen LogP contribution is -2.32. The van der Waals surface area contributed by atoms with Crippen molar-refractivity contribution in [3.63, 3.8) is 0 Å². The average Bonchev–Trinajstić information content (AvgIpc) is 2.75. The van der Waals surface area contributed by atoms with Gasteiger partial charge in [-0.3, -0.25) is 9.59 Å². The van der Waals surface area contributed by atoms with Crippen LogP contribution in [0.15, 0.2) is 66.7 Å². The topological polar surface area (TPSA) is 76.7 Å². The minimum Gasteiger partial charge on any atom is -0.495 e. The molecule has 2 N–H and O–H groups in total. The van der Waals surface area contributed by atoms with Gasteiger partial charge in [0.1, 0.15) is 17.4 Å². The Morgan fingerprint density at radius 2 is 1.19 bits per heavy atom. The Hall–Kier alpha value is -3.22. The second kappa shape index (κ2) is 10.2. The number of carbonyl (C=O) groups is 2. The van der Waals surface area contributed by atoms with E-state index < -0.39 is 17.7 Å². The molecule has 0 aliphatic heterocycles. The van der Waals surface area contributed by atoms with Crippen molar-refractivity contribution in [1.29, 1.82) is 0 Å². The zero-order valence-corrected chi connectivity index (χ0v) is 18.3. The maximum atomic E-state index is 13.2. The maximum Gasteiger partial charge on any atom is 0.241 e. The third-order valence-electron chi connectivity index (χ3n) is 4.50. The van der Waals surface area contributed by atoms with Crippen LogP contribution in [-0.2, 0) is 9.59 Å². The molecule has 3 rings (SSSR count). The summed E-state index contributed by atoms with van der Waals surface area (Å²) >= 11 is 12.1. The first-order chi connectivity index (χ1) is 14.9. The molecule has 0 unspecified atom stereocenters. The highest BCUT2D eigenvalue weighted by Crippen LogP contribution is 2.31. The van der Waals surface area contributed by atoms with E-state index in [0.29, 0.717) is 38.5 Å². The molecule has 3 aromatic carbocycles. The normalized spacial score (nSPS) is 10.5. The number of rotatable bonds is 7. The molecule has 0 spiro atoms. The van der Waals surface area contributed by atoms with Gasteiger partial charge in [-0.05, 0) is 42.0 Å². The molecule has 0 atom stereocenters. The van der Waals surface area contributed by atoms with Crippen molar-refractivity contribution in [2.24, 2.45) is 0 Å². The highest BCUT2D eigenvalue weighted by molar-refractivity contribution is 6.31. The molecule has 0 saturated carbocycles. The van der Waals surface area contributed by atoms with Gasteiger partial charge in [0.05, 0.1) is 25.6 Å². The van der Waals surface area contributed by atoms with Gasteiger partial charge in [-0.1, -0.05) is 53.5 Å². The number of amides is 2. The van der Waals surface area contributed by atoms with Crippen LogP contribution in [0.25, 0.3) is 0 Å². The second-order valence-corrected chi connectivity index (χ2v) is 7.38. The number of hydrogen-bond donors (Lipinski definition) is 2. The van der Waals surface area contributed by atoms with E-state index in [2.05, 4.69) is 10.6 Å². The van der Waals surface area contributed by atoms with Crippen LogP contribution < -0.4 is 20.1 Å². The third kappa shape index (κ3) is 5.48. The van der Waals surface area contributed by atoms with Gasteiger partial charge >= 0.3 is 0 Å². The summed E-state index contributed by atoms with van der Waals surface area (Å²) in [6.07, 6.45) is 0. The Bertz CT molecular complexity index is 1020.